The van der Waals surface area contributed by atoms with Crippen molar-refractivity contribution in [1.29, 1.82) is 5.26 Å². The van der Waals surface area contributed by atoms with Crippen molar-refractivity contribution in [3.63, 3.8) is 0 Å². The topological polar surface area (TPSA) is 80.3 Å². The summed E-state index contributed by atoms with van der Waals surface area (Å²) in [5, 5.41) is 9.60. The molecule has 0 fully saturated rings. The van der Waals surface area contributed by atoms with E-state index in [-0.39, 0.29) is 11.7 Å². The zero-order valence-electron chi connectivity index (χ0n) is 13.8. The smallest absolute Gasteiger partial charge is 0.343 e. The van der Waals surface area contributed by atoms with Crippen LogP contribution in [0.5, 0.6) is 5.75 Å². The predicted molar refractivity (Wildman–Crippen MR) is 92.7 cm³/mol. The molecular formula is C20H15NO4. The maximum Gasteiger partial charge on any atom is 0.343 e. The molecule has 0 atom stereocenters. The predicted octanol–water partition coefficient (Wildman–Crippen LogP) is 4.01. The van der Waals surface area contributed by atoms with Gasteiger partial charge < -0.3 is 9.15 Å². The molecule has 1 aromatic heterocycles. The third-order valence-corrected chi connectivity index (χ3v) is 3.83. The van der Waals surface area contributed by atoms with E-state index >= 15 is 0 Å². The second-order valence-electron chi connectivity index (χ2n) is 5.91. The minimum atomic E-state index is -0.550. The van der Waals surface area contributed by atoms with Gasteiger partial charge in [-0.15, -0.1) is 0 Å². The van der Waals surface area contributed by atoms with E-state index in [1.807, 2.05) is 19.9 Å². The first-order valence-corrected chi connectivity index (χ1v) is 7.78. The van der Waals surface area contributed by atoms with Gasteiger partial charge in [0.1, 0.15) is 11.3 Å². The molecular weight excluding hydrogens is 318 g/mol. The third-order valence-electron chi connectivity index (χ3n) is 3.83. The molecule has 124 valence electrons. The molecule has 25 heavy (non-hydrogen) atoms. The monoisotopic (exact) mass is 333 g/mol. The number of hydrogen-bond acceptors (Lipinski definition) is 5. The molecule has 5 heteroatoms. The molecule has 0 aliphatic carbocycles. The molecule has 0 saturated carbocycles. The Morgan fingerprint density at radius 2 is 1.84 bits per heavy atom. The summed E-state index contributed by atoms with van der Waals surface area (Å²) in [6, 6.07) is 14.6. The van der Waals surface area contributed by atoms with Gasteiger partial charge in [0.2, 0.25) is 0 Å². The molecule has 0 radical (unpaired) electrons. The van der Waals surface area contributed by atoms with Gasteiger partial charge in [0, 0.05) is 17.5 Å². The molecule has 2 aromatic carbocycles. The molecule has 0 bridgehead atoms. The van der Waals surface area contributed by atoms with Crippen LogP contribution < -0.4 is 10.4 Å². The highest BCUT2D eigenvalue weighted by Gasteiger charge is 2.13. The Bertz CT molecular complexity index is 1040. The minimum Gasteiger partial charge on any atom is -0.423 e. The molecule has 3 rings (SSSR count). The van der Waals surface area contributed by atoms with Crippen molar-refractivity contribution in [2.45, 2.75) is 19.8 Å². The fraction of sp³-hybridized carbons (Fsp3) is 0.150. The molecule has 0 N–H and O–H groups in total. The number of ether oxygens (including phenoxy) is 1. The van der Waals surface area contributed by atoms with E-state index in [4.69, 9.17) is 14.4 Å². The highest BCUT2D eigenvalue weighted by Crippen LogP contribution is 2.27. The number of benzene rings is 2. The first-order chi connectivity index (χ1) is 12.0. The van der Waals surface area contributed by atoms with Gasteiger partial charge >= 0.3 is 11.6 Å². The van der Waals surface area contributed by atoms with Crippen LogP contribution in [0.25, 0.3) is 11.0 Å². The van der Waals surface area contributed by atoms with Crippen LogP contribution in [0, 0.1) is 11.3 Å². The quantitative estimate of drug-likeness (QED) is 0.411. The molecule has 0 aliphatic heterocycles. The first kappa shape index (κ1) is 16.5. The highest BCUT2D eigenvalue weighted by atomic mass is 16.5. The van der Waals surface area contributed by atoms with Crippen molar-refractivity contribution in [2.24, 2.45) is 0 Å². The average molecular weight is 333 g/mol. The van der Waals surface area contributed by atoms with Crippen molar-refractivity contribution in [3.8, 4) is 11.8 Å². The van der Waals surface area contributed by atoms with Gasteiger partial charge in [0.15, 0.2) is 0 Å². The molecule has 0 spiro atoms. The summed E-state index contributed by atoms with van der Waals surface area (Å²) in [4.78, 5) is 23.9. The Balaban J connectivity index is 1.92. The van der Waals surface area contributed by atoms with Gasteiger partial charge in [0.25, 0.3) is 0 Å². The van der Waals surface area contributed by atoms with Gasteiger partial charge in [-0.3, -0.25) is 0 Å². The van der Waals surface area contributed by atoms with Gasteiger partial charge in [-0.25, -0.2) is 9.59 Å². The summed E-state index contributed by atoms with van der Waals surface area (Å²) in [6.45, 7) is 3.99. The van der Waals surface area contributed by atoms with Crippen LogP contribution in [0.1, 0.15) is 41.3 Å². The Kier molecular flexibility index (Phi) is 4.36. The van der Waals surface area contributed by atoms with Gasteiger partial charge in [-0.2, -0.15) is 5.26 Å². The molecule has 0 amide bonds. The number of nitriles is 1. The Morgan fingerprint density at radius 3 is 2.48 bits per heavy atom. The van der Waals surface area contributed by atoms with Crippen LogP contribution in [0.3, 0.4) is 0 Å². The van der Waals surface area contributed by atoms with E-state index in [1.165, 1.54) is 24.3 Å². The number of esters is 1. The number of carbonyl (C=O) groups is 1. The lowest BCUT2D eigenvalue weighted by Gasteiger charge is -2.10. The van der Waals surface area contributed by atoms with Crippen molar-refractivity contribution in [2.75, 3.05) is 0 Å². The largest absolute Gasteiger partial charge is 0.423 e. The zero-order chi connectivity index (χ0) is 18.0. The lowest BCUT2D eigenvalue weighted by molar-refractivity contribution is 0.0735. The molecule has 0 aliphatic rings. The normalized spacial score (nSPS) is 10.6. The zero-order valence-corrected chi connectivity index (χ0v) is 13.8. The van der Waals surface area contributed by atoms with Crippen LogP contribution in [-0.2, 0) is 0 Å². The van der Waals surface area contributed by atoms with Crippen LogP contribution >= 0.6 is 0 Å². The lowest BCUT2D eigenvalue weighted by atomic mass is 10.00. The molecule has 5 nitrogen and oxygen atoms in total. The van der Waals surface area contributed by atoms with Crippen LogP contribution in [-0.4, -0.2) is 5.97 Å². The molecule has 3 aromatic rings. The van der Waals surface area contributed by atoms with Gasteiger partial charge in [-0.05, 0) is 47.9 Å². The van der Waals surface area contributed by atoms with Crippen molar-refractivity contribution >= 4 is 16.9 Å². The molecule has 0 unspecified atom stereocenters. The summed E-state index contributed by atoms with van der Waals surface area (Å²) in [5.41, 5.74) is 1.62. The van der Waals surface area contributed by atoms with Crippen molar-refractivity contribution in [1.82, 2.24) is 0 Å². The summed E-state index contributed by atoms with van der Waals surface area (Å²) >= 11 is 0. The minimum absolute atomic E-state index is 0.165. The Morgan fingerprint density at radius 1 is 1.12 bits per heavy atom. The number of rotatable bonds is 3. The van der Waals surface area contributed by atoms with Crippen molar-refractivity contribution < 1.29 is 13.9 Å². The lowest BCUT2D eigenvalue weighted by Crippen LogP contribution is -2.08. The molecule has 0 saturated heterocycles. The number of fused-ring (bicyclic) bond motifs is 1. The highest BCUT2D eigenvalue weighted by molar-refractivity contribution is 5.92. The second kappa shape index (κ2) is 6.62. The number of hydrogen-bond donors (Lipinski definition) is 0. The molecule has 1 heterocycles. The van der Waals surface area contributed by atoms with Crippen molar-refractivity contribution in [3.05, 3.63) is 75.6 Å². The van der Waals surface area contributed by atoms with Crippen LogP contribution in [0.4, 0.5) is 0 Å². The van der Waals surface area contributed by atoms with Crippen LogP contribution in [0.15, 0.2) is 57.7 Å². The van der Waals surface area contributed by atoms with E-state index < -0.39 is 11.6 Å². The third kappa shape index (κ3) is 3.43. The Labute approximate surface area is 144 Å². The second-order valence-corrected chi connectivity index (χ2v) is 5.91. The number of nitrogens with zero attached hydrogens (tertiary/aromatic N) is 1. The Hall–Kier alpha value is -3.39. The number of carbonyl (C=O) groups excluding carboxylic acids is 1. The SMILES string of the molecule is CC(C)c1cc(=O)oc2cc(OC(=O)c3ccc(C#N)cc3)ccc12. The van der Waals surface area contributed by atoms with E-state index in [0.29, 0.717) is 16.7 Å². The van der Waals surface area contributed by atoms with Gasteiger partial charge in [-0.1, -0.05) is 13.8 Å². The van der Waals surface area contributed by atoms with E-state index in [1.54, 1.807) is 24.3 Å². The standard InChI is InChI=1S/C20H15NO4/c1-12(2)17-10-19(22)25-18-9-15(7-8-16(17)18)24-20(23)14-5-3-13(11-21)4-6-14/h3-10,12H,1-2H3. The van der Waals surface area contributed by atoms with E-state index in [0.717, 1.165) is 10.9 Å². The van der Waals surface area contributed by atoms with Crippen LogP contribution in [0.2, 0.25) is 0 Å². The van der Waals surface area contributed by atoms with Gasteiger partial charge in [0.05, 0.1) is 17.2 Å². The maximum absolute atomic E-state index is 12.2. The summed E-state index contributed by atoms with van der Waals surface area (Å²) in [7, 11) is 0. The maximum atomic E-state index is 12.2. The fourth-order valence-electron chi connectivity index (χ4n) is 2.56. The first-order valence-electron chi connectivity index (χ1n) is 7.78. The fourth-order valence-corrected chi connectivity index (χ4v) is 2.56. The van der Waals surface area contributed by atoms with E-state index in [9.17, 15) is 9.59 Å². The average Bonchev–Trinajstić information content (AvgIpc) is 2.60. The van der Waals surface area contributed by atoms with E-state index in [2.05, 4.69) is 0 Å². The summed E-state index contributed by atoms with van der Waals surface area (Å²) in [5.74, 6) is -0.101. The summed E-state index contributed by atoms with van der Waals surface area (Å²) < 4.78 is 10.6. The summed E-state index contributed by atoms with van der Waals surface area (Å²) in [6.07, 6.45) is 0.